The van der Waals surface area contributed by atoms with Gasteiger partial charge in [0.15, 0.2) is 0 Å². The Morgan fingerprint density at radius 1 is 0.881 bits per heavy atom. The Hall–Kier alpha value is -5.41. The van der Waals surface area contributed by atoms with E-state index in [0.717, 1.165) is 81.5 Å². The normalized spacial score (nSPS) is 11.7. The van der Waals surface area contributed by atoms with Gasteiger partial charge in [-0.25, -0.2) is 9.78 Å². The van der Waals surface area contributed by atoms with E-state index in [-0.39, 0.29) is 5.57 Å². The third-order valence-electron chi connectivity index (χ3n) is 7.62. The first-order valence-corrected chi connectivity index (χ1v) is 14.2. The Bertz CT molecular complexity index is 1920. The molecule has 2 aromatic heterocycles. The van der Waals surface area contributed by atoms with Gasteiger partial charge in [-0.05, 0) is 48.4 Å². The maximum absolute atomic E-state index is 11.5. The summed E-state index contributed by atoms with van der Waals surface area (Å²) >= 11 is 0. The molecule has 0 saturated heterocycles. The van der Waals surface area contributed by atoms with Crippen molar-refractivity contribution in [1.29, 1.82) is 5.26 Å². The van der Waals surface area contributed by atoms with E-state index in [1.807, 2.05) is 54.6 Å². The van der Waals surface area contributed by atoms with Crippen LogP contribution in [-0.2, 0) is 11.3 Å². The number of benzene rings is 4. The third kappa shape index (κ3) is 5.09. The van der Waals surface area contributed by atoms with Crippen molar-refractivity contribution >= 4 is 33.9 Å². The largest absolute Gasteiger partial charge is 0.477 e. The molecule has 0 aliphatic rings. The van der Waals surface area contributed by atoms with Gasteiger partial charge in [-0.15, -0.1) is 0 Å². The van der Waals surface area contributed by atoms with Crippen LogP contribution in [0.4, 0.5) is 0 Å². The minimum atomic E-state index is -1.23. The van der Waals surface area contributed by atoms with Crippen LogP contribution >= 0.6 is 0 Å². The third-order valence-corrected chi connectivity index (χ3v) is 7.62. The van der Waals surface area contributed by atoms with Crippen molar-refractivity contribution < 1.29 is 9.90 Å². The Morgan fingerprint density at radius 2 is 1.55 bits per heavy atom. The molecule has 0 radical (unpaired) electrons. The molecule has 0 aliphatic heterocycles. The standard InChI is InChI=1S/C36H30N4O2/c1-2-3-10-19-40-31-17-15-24(20-28(23-37)36(41)42)21-29(31)30-22-27(16-18-32(30)40)35-38-33(25-11-6-4-7-12-25)34(39-35)26-13-8-5-9-14-26/h4-9,11-18,20-22H,2-3,10,19H2,1H3,(H,38,39)(H,41,42)/b28-20-. The number of carboxylic acids is 1. The molecule has 2 N–H and O–H groups in total. The van der Waals surface area contributed by atoms with Crippen LogP contribution in [0.15, 0.2) is 103 Å². The highest BCUT2D eigenvalue weighted by Gasteiger charge is 2.18. The molecule has 6 heteroatoms. The lowest BCUT2D eigenvalue weighted by molar-refractivity contribution is -0.132. The van der Waals surface area contributed by atoms with E-state index >= 15 is 0 Å². The first-order valence-electron chi connectivity index (χ1n) is 14.2. The van der Waals surface area contributed by atoms with Gasteiger partial charge in [0.05, 0.1) is 11.4 Å². The van der Waals surface area contributed by atoms with Crippen LogP contribution in [0.1, 0.15) is 31.7 Å². The number of hydrogen-bond acceptors (Lipinski definition) is 3. The zero-order chi connectivity index (χ0) is 29.1. The number of nitrogens with one attached hydrogen (secondary N) is 1. The Labute approximate surface area is 244 Å². The lowest BCUT2D eigenvalue weighted by atomic mass is 10.1. The second-order valence-electron chi connectivity index (χ2n) is 10.4. The van der Waals surface area contributed by atoms with Crippen LogP contribution in [0.2, 0.25) is 0 Å². The molecule has 0 atom stereocenters. The topological polar surface area (TPSA) is 94.7 Å². The molecule has 42 heavy (non-hydrogen) atoms. The fraction of sp³-hybridized carbons (Fsp3) is 0.139. The van der Waals surface area contributed by atoms with Crippen LogP contribution in [-0.4, -0.2) is 25.6 Å². The maximum atomic E-state index is 11.5. The van der Waals surface area contributed by atoms with E-state index in [2.05, 4.69) is 58.9 Å². The highest BCUT2D eigenvalue weighted by Crippen LogP contribution is 2.36. The van der Waals surface area contributed by atoms with Crippen molar-refractivity contribution in [3.8, 4) is 40.0 Å². The number of carboxylic acid groups (broad SMARTS) is 1. The van der Waals surface area contributed by atoms with Crippen LogP contribution in [0, 0.1) is 11.3 Å². The number of H-pyrrole nitrogens is 1. The molecule has 2 heterocycles. The van der Waals surface area contributed by atoms with E-state index in [1.165, 1.54) is 6.08 Å². The van der Waals surface area contributed by atoms with Gasteiger partial charge in [0.25, 0.3) is 0 Å². The monoisotopic (exact) mass is 550 g/mol. The smallest absolute Gasteiger partial charge is 0.346 e. The van der Waals surface area contributed by atoms with E-state index in [1.54, 1.807) is 6.07 Å². The summed E-state index contributed by atoms with van der Waals surface area (Å²) in [5.74, 6) is -0.460. The summed E-state index contributed by atoms with van der Waals surface area (Å²) < 4.78 is 2.34. The molecule has 0 fully saturated rings. The quantitative estimate of drug-likeness (QED) is 0.107. The highest BCUT2D eigenvalue weighted by atomic mass is 16.4. The molecule has 0 unspecified atom stereocenters. The number of aromatic nitrogens is 3. The number of carbonyl (C=O) groups is 1. The maximum Gasteiger partial charge on any atom is 0.346 e. The number of imidazole rings is 1. The fourth-order valence-electron chi connectivity index (χ4n) is 5.56. The van der Waals surface area contributed by atoms with Crippen LogP contribution < -0.4 is 0 Å². The minimum absolute atomic E-state index is 0.292. The molecular formula is C36H30N4O2. The zero-order valence-corrected chi connectivity index (χ0v) is 23.3. The highest BCUT2D eigenvalue weighted by molar-refractivity contribution is 6.10. The van der Waals surface area contributed by atoms with Crippen molar-refractivity contribution in [2.45, 2.75) is 32.7 Å². The molecular weight excluding hydrogens is 520 g/mol. The van der Waals surface area contributed by atoms with Crippen LogP contribution in [0.5, 0.6) is 0 Å². The van der Waals surface area contributed by atoms with E-state index < -0.39 is 5.97 Å². The summed E-state index contributed by atoms with van der Waals surface area (Å²) in [5.41, 5.74) is 7.49. The molecule has 0 saturated carbocycles. The number of nitriles is 1. The van der Waals surface area contributed by atoms with Gasteiger partial charge in [-0.3, -0.25) is 0 Å². The average Bonchev–Trinajstić information content (AvgIpc) is 3.60. The summed E-state index contributed by atoms with van der Waals surface area (Å²) in [6.07, 6.45) is 4.77. The molecule has 6 aromatic rings. The molecule has 0 aliphatic carbocycles. The Balaban J connectivity index is 1.53. The van der Waals surface area contributed by atoms with Crippen molar-refractivity contribution in [1.82, 2.24) is 14.5 Å². The first-order chi connectivity index (χ1) is 20.6. The van der Waals surface area contributed by atoms with Gasteiger partial charge in [0, 0.05) is 45.0 Å². The van der Waals surface area contributed by atoms with Gasteiger partial charge in [-0.1, -0.05) is 86.5 Å². The van der Waals surface area contributed by atoms with Crippen molar-refractivity contribution in [3.63, 3.8) is 0 Å². The number of nitrogens with zero attached hydrogens (tertiary/aromatic N) is 3. The molecule has 0 bridgehead atoms. The summed E-state index contributed by atoms with van der Waals surface area (Å²) in [4.78, 5) is 20.2. The molecule has 0 amide bonds. The van der Waals surface area contributed by atoms with Gasteiger partial charge in [-0.2, -0.15) is 5.26 Å². The van der Waals surface area contributed by atoms with Crippen molar-refractivity contribution in [2.75, 3.05) is 0 Å². The van der Waals surface area contributed by atoms with Gasteiger partial charge in [0.2, 0.25) is 0 Å². The fourth-order valence-corrected chi connectivity index (χ4v) is 5.56. The SMILES string of the molecule is CCCCCn1c2ccc(/C=C(/C#N)C(=O)O)cc2c2cc(-c3nc(-c4ccccc4)c(-c4ccccc4)[nH]3)ccc21. The molecule has 6 rings (SSSR count). The zero-order valence-electron chi connectivity index (χ0n) is 23.3. The van der Waals surface area contributed by atoms with Crippen molar-refractivity contribution in [3.05, 3.63) is 108 Å². The van der Waals surface area contributed by atoms with E-state index in [4.69, 9.17) is 4.98 Å². The lowest BCUT2D eigenvalue weighted by Crippen LogP contribution is -1.98. The average molecular weight is 551 g/mol. The van der Waals surface area contributed by atoms with Crippen LogP contribution in [0.3, 0.4) is 0 Å². The molecule has 6 nitrogen and oxygen atoms in total. The second-order valence-corrected chi connectivity index (χ2v) is 10.4. The number of rotatable bonds is 9. The number of hydrogen-bond donors (Lipinski definition) is 2. The predicted octanol–water partition coefficient (Wildman–Crippen LogP) is 8.70. The summed E-state index contributed by atoms with van der Waals surface area (Å²) in [7, 11) is 0. The van der Waals surface area contributed by atoms with Gasteiger partial charge in [0.1, 0.15) is 17.5 Å². The first kappa shape index (κ1) is 26.8. The van der Waals surface area contributed by atoms with E-state index in [0.29, 0.717) is 5.56 Å². The molecule has 206 valence electrons. The number of fused-ring (bicyclic) bond motifs is 3. The minimum Gasteiger partial charge on any atom is -0.477 e. The van der Waals surface area contributed by atoms with E-state index in [9.17, 15) is 15.2 Å². The van der Waals surface area contributed by atoms with Crippen LogP contribution in [0.25, 0.3) is 61.8 Å². The summed E-state index contributed by atoms with van der Waals surface area (Å²) in [5, 5.41) is 20.8. The lowest BCUT2D eigenvalue weighted by Gasteiger charge is -2.07. The molecule has 0 spiro atoms. The number of aryl methyl sites for hydroxylation is 1. The predicted molar refractivity (Wildman–Crippen MR) is 169 cm³/mol. The molecule has 4 aromatic carbocycles. The summed E-state index contributed by atoms with van der Waals surface area (Å²) in [6, 6.07) is 34.5. The number of aromatic amines is 1. The summed E-state index contributed by atoms with van der Waals surface area (Å²) in [6.45, 7) is 3.08. The number of unbranched alkanes of at least 4 members (excludes halogenated alkanes) is 2. The second kappa shape index (κ2) is 11.6. The van der Waals surface area contributed by atoms with Gasteiger partial charge < -0.3 is 14.7 Å². The van der Waals surface area contributed by atoms with Crippen molar-refractivity contribution in [2.24, 2.45) is 0 Å². The Morgan fingerprint density at radius 3 is 2.21 bits per heavy atom. The van der Waals surface area contributed by atoms with Gasteiger partial charge >= 0.3 is 5.97 Å². The Kier molecular flexibility index (Phi) is 7.40. The number of aliphatic carboxylic acids is 1.